The molecule has 0 saturated carbocycles. The van der Waals surface area contributed by atoms with Crippen molar-refractivity contribution in [3.05, 3.63) is 33.9 Å². The van der Waals surface area contributed by atoms with Crippen LogP contribution < -0.4 is 5.32 Å². The van der Waals surface area contributed by atoms with Crippen molar-refractivity contribution < 1.29 is 71.5 Å². The van der Waals surface area contributed by atoms with Gasteiger partial charge in [0.25, 0.3) is 11.6 Å². The lowest BCUT2D eigenvalue weighted by Gasteiger charge is -2.36. The maximum Gasteiger partial charge on any atom is 0.460 e. The van der Waals surface area contributed by atoms with E-state index in [-0.39, 0.29) is 12.1 Å². The van der Waals surface area contributed by atoms with Crippen LogP contribution in [0.25, 0.3) is 0 Å². The summed E-state index contributed by atoms with van der Waals surface area (Å²) in [6, 6.07) is 1.92. The Morgan fingerprint density at radius 3 is 1.79 bits per heavy atom. The fraction of sp³-hybridized carbons (Fsp3) is 0.429. The van der Waals surface area contributed by atoms with Crippen molar-refractivity contribution in [1.82, 2.24) is 0 Å². The first kappa shape index (κ1) is 28.7. The Morgan fingerprint density at radius 1 is 0.912 bits per heavy atom. The van der Waals surface area contributed by atoms with Gasteiger partial charge in [-0.2, -0.15) is 62.3 Å². The molecule has 7 nitrogen and oxygen atoms in total. The van der Waals surface area contributed by atoms with Crippen LogP contribution in [0.5, 0.6) is 0 Å². The monoisotopic (exact) mass is 525 g/mol. The summed E-state index contributed by atoms with van der Waals surface area (Å²) in [5.74, 6) is -25.9. The summed E-state index contributed by atoms with van der Waals surface area (Å²) < 4.78 is 170. The summed E-state index contributed by atoms with van der Waals surface area (Å²) >= 11 is 0. The third-order valence-electron chi connectivity index (χ3n) is 3.62. The molecular weight excluding hydrogens is 521 g/mol. The summed E-state index contributed by atoms with van der Waals surface area (Å²) in [7, 11) is 0. The van der Waals surface area contributed by atoms with E-state index in [0.717, 1.165) is 11.4 Å². The molecule has 1 amide bonds. The van der Waals surface area contributed by atoms with Crippen molar-refractivity contribution in [2.24, 2.45) is 0 Å². The number of hydrogen-bond donors (Lipinski definition) is 1. The number of nitrogens with zero attached hydrogens (tertiary/aromatic N) is 2. The van der Waals surface area contributed by atoms with E-state index in [9.17, 15) is 72.0 Å². The predicted molar refractivity (Wildman–Crippen MR) is 78.3 cm³/mol. The average Bonchev–Trinajstić information content (AvgIpc) is 2.65. The summed E-state index contributed by atoms with van der Waals surface area (Å²) in [5.41, 5.74) is -3.34. The molecule has 0 bridgehead atoms. The number of nitro groups is 1. The van der Waals surface area contributed by atoms with Crippen LogP contribution in [0.2, 0.25) is 0 Å². The van der Waals surface area contributed by atoms with Crippen LogP contribution in [0.3, 0.4) is 0 Å². The van der Waals surface area contributed by atoms with E-state index in [1.165, 1.54) is 0 Å². The molecule has 190 valence electrons. The number of alkyl halides is 13. The standard InChI is InChI=1S/C14H4F13N3O4/c15-9(12(20,21)22,34-14(26,27)11(18,19)10(16,17)13(23,24)25)8(31)29-7-2-1-6(30(32)33)3-5(7)4-28/h1-3H,(H,29,31). The zero-order chi connectivity index (χ0) is 27.1. The molecule has 0 heterocycles. The summed E-state index contributed by atoms with van der Waals surface area (Å²) in [6.07, 6.45) is -22.2. The van der Waals surface area contributed by atoms with Crippen molar-refractivity contribution in [1.29, 1.82) is 5.26 Å². The molecular formula is C14H4F13N3O4. The molecule has 0 aromatic heterocycles. The van der Waals surface area contributed by atoms with E-state index in [1.54, 1.807) is 0 Å². The Kier molecular flexibility index (Phi) is 7.12. The van der Waals surface area contributed by atoms with Crippen molar-refractivity contribution >= 4 is 17.3 Å². The summed E-state index contributed by atoms with van der Waals surface area (Å²) in [4.78, 5) is 21.1. The van der Waals surface area contributed by atoms with Crippen molar-refractivity contribution in [3.63, 3.8) is 0 Å². The van der Waals surface area contributed by atoms with Gasteiger partial charge in [-0.05, 0) is 6.07 Å². The fourth-order valence-electron chi connectivity index (χ4n) is 1.88. The van der Waals surface area contributed by atoms with Gasteiger partial charge in [-0.15, -0.1) is 0 Å². The molecule has 20 heteroatoms. The van der Waals surface area contributed by atoms with Gasteiger partial charge in [0.15, 0.2) is 0 Å². The van der Waals surface area contributed by atoms with Gasteiger partial charge >= 0.3 is 36.2 Å². The van der Waals surface area contributed by atoms with Gasteiger partial charge in [-0.1, -0.05) is 0 Å². The number of carbonyl (C=O) groups is 1. The number of nitriles is 1. The number of carbonyl (C=O) groups excluding carboxylic acids is 1. The highest BCUT2D eigenvalue weighted by Crippen LogP contribution is 2.55. The van der Waals surface area contributed by atoms with E-state index in [0.29, 0.717) is 6.07 Å². The highest BCUT2D eigenvalue weighted by molar-refractivity contribution is 5.98. The Labute approximate surface area is 176 Å². The number of nitro benzene ring substituents is 1. The molecule has 0 saturated heterocycles. The van der Waals surface area contributed by atoms with Crippen LogP contribution in [0.1, 0.15) is 5.56 Å². The molecule has 1 unspecified atom stereocenters. The third-order valence-corrected chi connectivity index (χ3v) is 3.62. The second-order valence-corrected chi connectivity index (χ2v) is 5.91. The number of halogens is 13. The predicted octanol–water partition coefficient (Wildman–Crippen LogP) is 5.08. The van der Waals surface area contributed by atoms with Gasteiger partial charge in [-0.25, -0.2) is 0 Å². The normalized spacial score (nSPS) is 15.3. The molecule has 1 rings (SSSR count). The van der Waals surface area contributed by atoms with Gasteiger partial charge < -0.3 is 5.32 Å². The van der Waals surface area contributed by atoms with Crippen LogP contribution in [0.4, 0.5) is 68.5 Å². The maximum absolute atomic E-state index is 14.2. The molecule has 0 aliphatic rings. The lowest BCUT2D eigenvalue weighted by Crippen LogP contribution is -2.66. The SMILES string of the molecule is N#Cc1cc([N+](=O)[O-])ccc1NC(=O)C(F)(OC(F)(F)C(F)(F)C(F)(F)C(F)(F)F)C(F)(F)F. The van der Waals surface area contributed by atoms with E-state index in [1.807, 2.05) is 4.74 Å². The number of ether oxygens (including phenoxy) is 1. The van der Waals surface area contributed by atoms with Crippen molar-refractivity contribution in [2.75, 3.05) is 5.32 Å². The smallest absolute Gasteiger partial charge is 0.320 e. The van der Waals surface area contributed by atoms with Crippen LogP contribution in [-0.2, 0) is 9.53 Å². The molecule has 1 N–H and O–H groups in total. The second kappa shape index (κ2) is 8.44. The minimum Gasteiger partial charge on any atom is -0.320 e. The quantitative estimate of drug-likeness (QED) is 0.304. The number of hydrogen-bond acceptors (Lipinski definition) is 5. The number of benzene rings is 1. The van der Waals surface area contributed by atoms with Crippen LogP contribution >= 0.6 is 0 Å². The van der Waals surface area contributed by atoms with Gasteiger partial charge in [-0.3, -0.25) is 19.6 Å². The first-order valence-electron chi connectivity index (χ1n) is 7.62. The third kappa shape index (κ3) is 4.78. The highest BCUT2D eigenvalue weighted by atomic mass is 19.4. The zero-order valence-electron chi connectivity index (χ0n) is 15.2. The lowest BCUT2D eigenvalue weighted by atomic mass is 10.1. The van der Waals surface area contributed by atoms with Crippen LogP contribution in [0, 0.1) is 21.4 Å². The average molecular weight is 525 g/mol. The Morgan fingerprint density at radius 2 is 1.41 bits per heavy atom. The second-order valence-electron chi connectivity index (χ2n) is 5.91. The number of rotatable bonds is 7. The van der Waals surface area contributed by atoms with Crippen molar-refractivity contribution in [3.8, 4) is 6.07 Å². The van der Waals surface area contributed by atoms with Gasteiger partial charge in [0.2, 0.25) is 0 Å². The molecule has 0 aliphatic carbocycles. The summed E-state index contributed by atoms with van der Waals surface area (Å²) in [6.45, 7) is 0. The lowest BCUT2D eigenvalue weighted by molar-refractivity contribution is -0.481. The number of nitrogens with one attached hydrogen (secondary N) is 1. The topological polar surface area (TPSA) is 105 Å². The fourth-order valence-corrected chi connectivity index (χ4v) is 1.88. The Hall–Kier alpha value is -3.37. The van der Waals surface area contributed by atoms with Crippen LogP contribution in [-0.4, -0.2) is 47.0 Å². The van der Waals surface area contributed by atoms with Gasteiger partial charge in [0.05, 0.1) is 16.2 Å². The van der Waals surface area contributed by atoms with Crippen molar-refractivity contribution in [2.45, 2.75) is 36.2 Å². The molecule has 1 aromatic carbocycles. The molecule has 0 spiro atoms. The Bertz CT molecular complexity index is 1020. The van der Waals surface area contributed by atoms with Gasteiger partial charge in [0, 0.05) is 12.1 Å². The molecule has 0 radical (unpaired) electrons. The first-order chi connectivity index (χ1) is 15.0. The molecule has 34 heavy (non-hydrogen) atoms. The molecule has 1 aromatic rings. The van der Waals surface area contributed by atoms with Gasteiger partial charge in [0.1, 0.15) is 6.07 Å². The Balaban J connectivity index is 3.51. The van der Waals surface area contributed by atoms with E-state index >= 15 is 0 Å². The van der Waals surface area contributed by atoms with E-state index in [4.69, 9.17) is 5.26 Å². The minimum atomic E-state index is -7.88. The number of non-ortho nitro benzene ring substituents is 1. The maximum atomic E-state index is 14.2. The first-order valence-corrected chi connectivity index (χ1v) is 7.62. The number of anilines is 1. The molecule has 0 aliphatic heterocycles. The minimum absolute atomic E-state index is 0.246. The van der Waals surface area contributed by atoms with Crippen LogP contribution in [0.15, 0.2) is 18.2 Å². The molecule has 0 fully saturated rings. The summed E-state index contributed by atoms with van der Waals surface area (Å²) in [5, 5.41) is 20.1. The van der Waals surface area contributed by atoms with E-state index in [2.05, 4.69) is 0 Å². The zero-order valence-corrected chi connectivity index (χ0v) is 15.2. The van der Waals surface area contributed by atoms with E-state index < -0.39 is 63.9 Å². The largest absolute Gasteiger partial charge is 0.460 e. The number of amides is 1. The highest BCUT2D eigenvalue weighted by Gasteiger charge is 2.85. The molecule has 1 atom stereocenters.